The highest BCUT2D eigenvalue weighted by molar-refractivity contribution is 6.74. The molecule has 0 spiro atoms. The van der Waals surface area contributed by atoms with E-state index < -0.39 is 8.32 Å². The molecule has 1 fully saturated rings. The summed E-state index contributed by atoms with van der Waals surface area (Å²) in [6, 6.07) is 0. The van der Waals surface area contributed by atoms with Gasteiger partial charge in [-0.2, -0.15) is 0 Å². The third-order valence-corrected chi connectivity index (χ3v) is 8.09. The van der Waals surface area contributed by atoms with Crippen molar-refractivity contribution in [1.82, 2.24) is 5.32 Å². The predicted molar refractivity (Wildman–Crippen MR) is 65.6 cm³/mol. The molecule has 90 valence electrons. The second-order valence-electron chi connectivity index (χ2n) is 6.05. The van der Waals surface area contributed by atoms with E-state index in [0.717, 1.165) is 13.0 Å². The Hall–Kier alpha value is 0.0969. The number of nitrogens with one attached hydrogen (secondary N) is 1. The van der Waals surface area contributed by atoms with Crippen LogP contribution in [-0.4, -0.2) is 38.7 Å². The molecule has 0 aromatic carbocycles. The minimum atomic E-state index is -1.67. The van der Waals surface area contributed by atoms with Gasteiger partial charge in [0.2, 0.25) is 0 Å². The van der Waals surface area contributed by atoms with Gasteiger partial charge in [-0.05, 0) is 18.1 Å². The number of rotatable bonds is 2. The molecule has 1 saturated heterocycles. The lowest BCUT2D eigenvalue weighted by molar-refractivity contribution is 0.0586. The summed E-state index contributed by atoms with van der Waals surface area (Å²) in [5.41, 5.74) is 0. The van der Waals surface area contributed by atoms with E-state index in [-0.39, 0.29) is 17.2 Å². The Kier molecular flexibility index (Phi) is 3.98. The number of aliphatic hydroxyl groups excluding tert-OH is 1. The van der Waals surface area contributed by atoms with Crippen LogP contribution in [0.25, 0.3) is 0 Å². The van der Waals surface area contributed by atoms with Crippen LogP contribution in [0, 0.1) is 0 Å². The molecule has 15 heavy (non-hydrogen) atoms. The fourth-order valence-electron chi connectivity index (χ4n) is 1.56. The third kappa shape index (κ3) is 3.55. The molecule has 0 bridgehead atoms. The van der Waals surface area contributed by atoms with Crippen LogP contribution < -0.4 is 5.32 Å². The number of aliphatic hydroxyl groups is 1. The molecule has 0 unspecified atom stereocenters. The van der Waals surface area contributed by atoms with Crippen molar-refractivity contribution >= 4 is 8.32 Å². The van der Waals surface area contributed by atoms with Gasteiger partial charge in [-0.3, -0.25) is 0 Å². The van der Waals surface area contributed by atoms with Crippen molar-refractivity contribution in [3.05, 3.63) is 0 Å². The Labute approximate surface area is 94.3 Å². The predicted octanol–water partition coefficient (Wildman–Crippen LogP) is 1.73. The van der Waals surface area contributed by atoms with Crippen LogP contribution >= 0.6 is 0 Å². The molecule has 0 radical (unpaired) electrons. The van der Waals surface area contributed by atoms with E-state index in [4.69, 9.17) is 4.43 Å². The van der Waals surface area contributed by atoms with Crippen molar-refractivity contribution in [1.29, 1.82) is 0 Å². The normalized spacial score (nSPS) is 29.2. The molecule has 2 N–H and O–H groups in total. The van der Waals surface area contributed by atoms with Crippen molar-refractivity contribution in [2.75, 3.05) is 13.1 Å². The third-order valence-electron chi connectivity index (χ3n) is 3.55. The number of hydrogen-bond donors (Lipinski definition) is 2. The summed E-state index contributed by atoms with van der Waals surface area (Å²) >= 11 is 0. The standard InChI is InChI=1S/C11H25NO2Si/c1-11(2,3)15(4,5)14-10-6-9(13)7-12-8-10/h9-10,12-13H,6-8H2,1-5H3/t9-,10-/m0/s1. The smallest absolute Gasteiger partial charge is 0.192 e. The Morgan fingerprint density at radius 1 is 1.27 bits per heavy atom. The molecular formula is C11H25NO2Si. The van der Waals surface area contributed by atoms with Crippen LogP contribution in [-0.2, 0) is 4.43 Å². The summed E-state index contributed by atoms with van der Waals surface area (Å²) in [5.74, 6) is 0. The van der Waals surface area contributed by atoms with Gasteiger partial charge in [0.05, 0.1) is 12.2 Å². The van der Waals surface area contributed by atoms with Crippen LogP contribution in [0.2, 0.25) is 18.1 Å². The molecule has 1 aliphatic heterocycles. The van der Waals surface area contributed by atoms with Crippen molar-refractivity contribution in [2.24, 2.45) is 0 Å². The summed E-state index contributed by atoms with van der Waals surface area (Å²) in [6.07, 6.45) is 0.725. The molecule has 1 heterocycles. The van der Waals surface area contributed by atoms with Gasteiger partial charge in [-0.25, -0.2) is 0 Å². The minimum absolute atomic E-state index is 0.189. The average molecular weight is 231 g/mol. The van der Waals surface area contributed by atoms with E-state index in [9.17, 15) is 5.11 Å². The second-order valence-corrected chi connectivity index (χ2v) is 10.8. The van der Waals surface area contributed by atoms with Crippen LogP contribution in [0.15, 0.2) is 0 Å². The first-order valence-corrected chi connectivity index (χ1v) is 8.70. The number of piperidine rings is 1. The first-order chi connectivity index (χ1) is 6.72. The molecule has 0 aromatic heterocycles. The molecule has 1 rings (SSSR count). The summed E-state index contributed by atoms with van der Waals surface area (Å²) in [7, 11) is -1.67. The zero-order chi connectivity index (χ0) is 11.7. The van der Waals surface area contributed by atoms with Gasteiger partial charge in [-0.15, -0.1) is 0 Å². The maximum absolute atomic E-state index is 9.55. The van der Waals surface area contributed by atoms with Crippen molar-refractivity contribution in [3.8, 4) is 0 Å². The summed E-state index contributed by atoms with van der Waals surface area (Å²) < 4.78 is 6.23. The van der Waals surface area contributed by atoms with Crippen LogP contribution in [0.3, 0.4) is 0 Å². The maximum atomic E-state index is 9.55. The van der Waals surface area contributed by atoms with Gasteiger partial charge >= 0.3 is 0 Å². The lowest BCUT2D eigenvalue weighted by Crippen LogP contribution is -2.51. The van der Waals surface area contributed by atoms with Gasteiger partial charge in [0.15, 0.2) is 8.32 Å². The summed E-state index contributed by atoms with van der Waals surface area (Å²) in [4.78, 5) is 0. The zero-order valence-electron chi connectivity index (χ0n) is 10.6. The topological polar surface area (TPSA) is 41.5 Å². The lowest BCUT2D eigenvalue weighted by Gasteiger charge is -2.41. The molecular weight excluding hydrogens is 206 g/mol. The van der Waals surface area contributed by atoms with E-state index in [0.29, 0.717) is 6.54 Å². The van der Waals surface area contributed by atoms with Crippen molar-refractivity contribution < 1.29 is 9.53 Å². The van der Waals surface area contributed by atoms with E-state index in [1.807, 2.05) is 0 Å². The molecule has 3 nitrogen and oxygen atoms in total. The van der Waals surface area contributed by atoms with Gasteiger partial charge in [0.25, 0.3) is 0 Å². The molecule has 4 heteroatoms. The van der Waals surface area contributed by atoms with Gasteiger partial charge in [0.1, 0.15) is 0 Å². The van der Waals surface area contributed by atoms with E-state index in [1.165, 1.54) is 0 Å². The molecule has 1 aliphatic rings. The minimum Gasteiger partial charge on any atom is -0.413 e. The average Bonchev–Trinajstić information content (AvgIpc) is 2.00. The highest BCUT2D eigenvalue weighted by Gasteiger charge is 2.39. The zero-order valence-corrected chi connectivity index (χ0v) is 11.6. The van der Waals surface area contributed by atoms with E-state index in [2.05, 4.69) is 39.2 Å². The fourth-order valence-corrected chi connectivity index (χ4v) is 2.93. The monoisotopic (exact) mass is 231 g/mol. The van der Waals surface area contributed by atoms with Gasteiger partial charge < -0.3 is 14.8 Å². The van der Waals surface area contributed by atoms with Crippen molar-refractivity contribution in [2.45, 2.75) is 57.5 Å². The van der Waals surface area contributed by atoms with Crippen LogP contribution in [0.5, 0.6) is 0 Å². The highest BCUT2D eigenvalue weighted by Crippen LogP contribution is 2.37. The molecule has 0 aromatic rings. The first kappa shape index (κ1) is 13.2. The molecule has 0 saturated carbocycles. The van der Waals surface area contributed by atoms with E-state index in [1.54, 1.807) is 0 Å². The van der Waals surface area contributed by atoms with E-state index >= 15 is 0 Å². The van der Waals surface area contributed by atoms with Crippen LogP contribution in [0.1, 0.15) is 27.2 Å². The van der Waals surface area contributed by atoms with Crippen LogP contribution in [0.4, 0.5) is 0 Å². The van der Waals surface area contributed by atoms with Crippen molar-refractivity contribution in [3.63, 3.8) is 0 Å². The Morgan fingerprint density at radius 3 is 2.33 bits per heavy atom. The summed E-state index contributed by atoms with van der Waals surface area (Å²) in [5, 5.41) is 13.0. The fraction of sp³-hybridized carbons (Fsp3) is 1.00. The first-order valence-electron chi connectivity index (χ1n) is 5.79. The Bertz CT molecular complexity index is 213. The number of hydrogen-bond acceptors (Lipinski definition) is 3. The summed E-state index contributed by atoms with van der Waals surface area (Å²) in [6.45, 7) is 12.8. The molecule has 2 atom stereocenters. The highest BCUT2D eigenvalue weighted by atomic mass is 28.4. The molecule has 0 aliphatic carbocycles. The SMILES string of the molecule is CC(C)(C)[Si](C)(C)O[C@@H]1CNC[C@@H](O)C1. The second kappa shape index (κ2) is 4.53. The number of β-amino-alcohol motifs (C(OH)–C–C–N with tert-alkyl or cyclic N) is 1. The Morgan fingerprint density at radius 2 is 1.87 bits per heavy atom. The quantitative estimate of drug-likeness (QED) is 0.711. The maximum Gasteiger partial charge on any atom is 0.192 e. The van der Waals surface area contributed by atoms with Gasteiger partial charge in [0, 0.05) is 19.5 Å². The Balaban J connectivity index is 2.53. The lowest BCUT2D eigenvalue weighted by atomic mass is 10.1. The molecule has 0 amide bonds. The van der Waals surface area contributed by atoms with Gasteiger partial charge in [-0.1, -0.05) is 20.8 Å². The largest absolute Gasteiger partial charge is 0.413 e.